The first-order valence-electron chi connectivity index (χ1n) is 10.5. The zero-order chi connectivity index (χ0) is 21.5. The SMILES string of the molecule is CCCCCCCCC(=O)NCCCCCC(=O)OS(=O)(=O)C1=CC=CCC1=O. The number of amides is 1. The van der Waals surface area contributed by atoms with Gasteiger partial charge in [0.15, 0.2) is 5.78 Å². The fourth-order valence-electron chi connectivity index (χ4n) is 2.91. The molecular weight excluding hydrogens is 394 g/mol. The van der Waals surface area contributed by atoms with Gasteiger partial charge in [-0.1, -0.05) is 57.6 Å². The number of hydrogen-bond acceptors (Lipinski definition) is 6. The summed E-state index contributed by atoms with van der Waals surface area (Å²) in [6, 6.07) is 0. The molecule has 29 heavy (non-hydrogen) atoms. The average molecular weight is 428 g/mol. The maximum Gasteiger partial charge on any atom is 0.345 e. The van der Waals surface area contributed by atoms with Gasteiger partial charge in [0, 0.05) is 25.8 Å². The van der Waals surface area contributed by atoms with E-state index in [0.29, 0.717) is 32.2 Å². The second-order valence-electron chi connectivity index (χ2n) is 7.17. The quantitative estimate of drug-likeness (QED) is 0.315. The Labute approximate surface area is 174 Å². The van der Waals surface area contributed by atoms with E-state index in [2.05, 4.69) is 16.4 Å². The average Bonchev–Trinajstić information content (AvgIpc) is 2.67. The summed E-state index contributed by atoms with van der Waals surface area (Å²) < 4.78 is 28.4. The molecule has 0 atom stereocenters. The van der Waals surface area contributed by atoms with Crippen LogP contribution in [-0.2, 0) is 28.7 Å². The smallest absolute Gasteiger partial charge is 0.345 e. The Kier molecular flexibility index (Phi) is 12.2. The summed E-state index contributed by atoms with van der Waals surface area (Å²) in [6.07, 6.45) is 13.3. The van der Waals surface area contributed by atoms with Gasteiger partial charge in [0.25, 0.3) is 0 Å². The first-order valence-corrected chi connectivity index (χ1v) is 11.9. The molecule has 1 N–H and O–H groups in total. The van der Waals surface area contributed by atoms with Gasteiger partial charge < -0.3 is 9.50 Å². The third-order valence-corrected chi connectivity index (χ3v) is 5.88. The first-order chi connectivity index (χ1) is 13.9. The van der Waals surface area contributed by atoms with E-state index in [0.717, 1.165) is 18.9 Å². The maximum atomic E-state index is 12.0. The van der Waals surface area contributed by atoms with Gasteiger partial charge in [-0.25, -0.2) is 0 Å². The molecule has 0 spiro atoms. The summed E-state index contributed by atoms with van der Waals surface area (Å²) in [5.74, 6) is -1.41. The van der Waals surface area contributed by atoms with Crippen LogP contribution in [-0.4, -0.2) is 32.6 Å². The molecule has 1 amide bonds. The summed E-state index contributed by atoms with van der Waals surface area (Å²) in [7, 11) is -4.35. The predicted molar refractivity (Wildman–Crippen MR) is 111 cm³/mol. The lowest BCUT2D eigenvalue weighted by atomic mass is 10.1. The highest BCUT2D eigenvalue weighted by molar-refractivity contribution is 7.92. The zero-order valence-corrected chi connectivity index (χ0v) is 18.1. The van der Waals surface area contributed by atoms with E-state index in [1.165, 1.54) is 37.8 Å². The molecule has 1 aliphatic rings. The van der Waals surface area contributed by atoms with Crippen molar-refractivity contribution in [1.82, 2.24) is 5.32 Å². The minimum Gasteiger partial charge on any atom is -0.356 e. The van der Waals surface area contributed by atoms with Gasteiger partial charge in [0.1, 0.15) is 4.91 Å². The molecule has 0 aliphatic heterocycles. The van der Waals surface area contributed by atoms with Crippen LogP contribution in [0.15, 0.2) is 23.1 Å². The number of carbonyl (C=O) groups excluding carboxylic acids is 3. The molecule has 1 rings (SSSR count). The molecular formula is C21H33NO6S. The standard InChI is InChI=1S/C21H33NO6S/c1-2-3-4-5-6-8-15-20(24)22-17-12-7-9-16-21(25)28-29(26,27)19-14-11-10-13-18(19)23/h10-11,14H,2-9,12-13,15-17H2,1H3,(H,22,24). The highest BCUT2D eigenvalue weighted by Crippen LogP contribution is 2.17. The van der Waals surface area contributed by atoms with Crippen molar-refractivity contribution in [2.45, 2.75) is 84.0 Å². The first kappa shape index (κ1) is 25.1. The Morgan fingerprint density at radius 2 is 1.66 bits per heavy atom. The second kappa shape index (κ2) is 14.1. The fourth-order valence-corrected chi connectivity index (χ4v) is 3.93. The number of allylic oxidation sites excluding steroid dienone is 4. The lowest BCUT2D eigenvalue weighted by Gasteiger charge is -2.09. The van der Waals surface area contributed by atoms with E-state index in [1.807, 2.05) is 0 Å². The largest absolute Gasteiger partial charge is 0.356 e. The third-order valence-electron chi connectivity index (χ3n) is 4.57. The maximum absolute atomic E-state index is 12.0. The Balaban J connectivity index is 2.09. The zero-order valence-electron chi connectivity index (χ0n) is 17.3. The Morgan fingerprint density at radius 1 is 1.00 bits per heavy atom. The molecule has 0 aromatic carbocycles. The molecule has 164 valence electrons. The minimum atomic E-state index is -4.35. The van der Waals surface area contributed by atoms with E-state index in [9.17, 15) is 22.8 Å². The molecule has 0 radical (unpaired) electrons. The van der Waals surface area contributed by atoms with Gasteiger partial charge in [0.2, 0.25) is 5.91 Å². The van der Waals surface area contributed by atoms with E-state index in [1.54, 1.807) is 0 Å². The number of ketones is 1. The van der Waals surface area contributed by atoms with Gasteiger partial charge in [0.05, 0.1) is 0 Å². The Hall–Kier alpha value is -1.96. The number of rotatable bonds is 15. The van der Waals surface area contributed by atoms with Crippen LogP contribution >= 0.6 is 0 Å². The van der Waals surface area contributed by atoms with Crippen LogP contribution in [0, 0.1) is 0 Å². The highest BCUT2D eigenvalue weighted by atomic mass is 32.2. The molecule has 7 nitrogen and oxygen atoms in total. The van der Waals surface area contributed by atoms with E-state index >= 15 is 0 Å². The van der Waals surface area contributed by atoms with Crippen LogP contribution in [0.5, 0.6) is 0 Å². The summed E-state index contributed by atoms with van der Waals surface area (Å²) in [6.45, 7) is 2.71. The number of carbonyl (C=O) groups is 3. The molecule has 0 aromatic heterocycles. The molecule has 0 heterocycles. The topological polar surface area (TPSA) is 107 Å². The fraction of sp³-hybridized carbons (Fsp3) is 0.667. The van der Waals surface area contributed by atoms with Crippen molar-refractivity contribution in [3.63, 3.8) is 0 Å². The van der Waals surface area contributed by atoms with Gasteiger partial charge in [-0.2, -0.15) is 8.42 Å². The van der Waals surface area contributed by atoms with E-state index in [4.69, 9.17) is 0 Å². The van der Waals surface area contributed by atoms with Crippen molar-refractivity contribution in [3.8, 4) is 0 Å². The molecule has 0 bridgehead atoms. The third kappa shape index (κ3) is 11.0. The summed E-state index contributed by atoms with van der Waals surface area (Å²) in [5.41, 5.74) is 0. The van der Waals surface area contributed by atoms with Crippen molar-refractivity contribution in [2.24, 2.45) is 0 Å². The van der Waals surface area contributed by atoms with Crippen LogP contribution < -0.4 is 5.32 Å². The number of nitrogens with one attached hydrogen (secondary N) is 1. The molecule has 0 saturated heterocycles. The van der Waals surface area contributed by atoms with Crippen molar-refractivity contribution in [1.29, 1.82) is 0 Å². The van der Waals surface area contributed by atoms with Crippen LogP contribution in [0.25, 0.3) is 0 Å². The lowest BCUT2D eigenvalue weighted by Crippen LogP contribution is -2.24. The van der Waals surface area contributed by atoms with Gasteiger partial charge in [-0.15, -0.1) is 0 Å². The van der Waals surface area contributed by atoms with Gasteiger partial charge >= 0.3 is 16.1 Å². The molecule has 1 aliphatic carbocycles. The van der Waals surface area contributed by atoms with Crippen molar-refractivity contribution in [3.05, 3.63) is 23.1 Å². The number of Topliss-reactive ketones (excluding diaryl/α,β-unsaturated/α-hetero) is 1. The van der Waals surface area contributed by atoms with Crippen LogP contribution in [0.4, 0.5) is 0 Å². The van der Waals surface area contributed by atoms with Crippen LogP contribution in [0.1, 0.15) is 84.0 Å². The summed E-state index contributed by atoms with van der Waals surface area (Å²) >= 11 is 0. The van der Waals surface area contributed by atoms with Crippen molar-refractivity contribution in [2.75, 3.05) is 6.54 Å². The molecule has 0 unspecified atom stereocenters. The lowest BCUT2D eigenvalue weighted by molar-refractivity contribution is -0.134. The normalized spacial score (nSPS) is 13.8. The van der Waals surface area contributed by atoms with Gasteiger partial charge in [-0.05, 0) is 25.3 Å². The second-order valence-corrected chi connectivity index (χ2v) is 8.69. The van der Waals surface area contributed by atoms with E-state index in [-0.39, 0.29) is 18.7 Å². The van der Waals surface area contributed by atoms with Crippen molar-refractivity contribution >= 4 is 27.8 Å². The molecule has 0 fully saturated rings. The van der Waals surface area contributed by atoms with Crippen LogP contribution in [0.2, 0.25) is 0 Å². The Morgan fingerprint density at radius 3 is 2.38 bits per heavy atom. The molecule has 8 heteroatoms. The van der Waals surface area contributed by atoms with Crippen LogP contribution in [0.3, 0.4) is 0 Å². The molecule has 0 aromatic rings. The van der Waals surface area contributed by atoms with E-state index < -0.39 is 26.8 Å². The Bertz CT molecular complexity index is 709. The number of unbranched alkanes of at least 4 members (excludes halogenated alkanes) is 7. The number of hydrogen-bond donors (Lipinski definition) is 1. The summed E-state index contributed by atoms with van der Waals surface area (Å²) in [4.78, 5) is 34.6. The summed E-state index contributed by atoms with van der Waals surface area (Å²) in [5, 5.41) is 2.86. The minimum absolute atomic E-state index is 0.0206. The highest BCUT2D eigenvalue weighted by Gasteiger charge is 2.28. The molecule has 0 saturated carbocycles. The van der Waals surface area contributed by atoms with Crippen molar-refractivity contribution < 1.29 is 27.0 Å². The van der Waals surface area contributed by atoms with Gasteiger partial charge in [-0.3, -0.25) is 14.4 Å². The monoisotopic (exact) mass is 427 g/mol. The predicted octanol–water partition coefficient (Wildman–Crippen LogP) is 3.70.